The second-order valence-corrected chi connectivity index (χ2v) is 8.86. The van der Waals surface area contributed by atoms with Crippen molar-refractivity contribution in [2.24, 2.45) is 0 Å². The monoisotopic (exact) mass is 482 g/mol. The average Bonchev–Trinajstić information content (AvgIpc) is 3.36. The van der Waals surface area contributed by atoms with E-state index in [0.717, 1.165) is 16.6 Å². The number of nitrogens with one attached hydrogen (secondary N) is 3. The van der Waals surface area contributed by atoms with E-state index in [2.05, 4.69) is 20.6 Å². The van der Waals surface area contributed by atoms with E-state index in [9.17, 15) is 14.7 Å². The van der Waals surface area contributed by atoms with Crippen LogP contribution < -0.4 is 20.1 Å². The number of hydrogen-bond donors (Lipinski definition) is 4. The molecule has 0 bridgehead atoms. The lowest BCUT2D eigenvalue weighted by Crippen LogP contribution is -2.38. The van der Waals surface area contributed by atoms with E-state index in [1.54, 1.807) is 19.2 Å². The van der Waals surface area contributed by atoms with Gasteiger partial charge in [-0.15, -0.1) is 11.3 Å². The van der Waals surface area contributed by atoms with Crippen LogP contribution in [0.25, 0.3) is 21.1 Å². The van der Waals surface area contributed by atoms with E-state index in [1.807, 2.05) is 13.0 Å². The molecule has 4 N–H and O–H groups in total. The molecule has 1 aromatic carbocycles. The van der Waals surface area contributed by atoms with Crippen LogP contribution >= 0.6 is 11.3 Å². The summed E-state index contributed by atoms with van der Waals surface area (Å²) in [6.07, 6.45) is -0.813. The number of amides is 1. The molecule has 5 rings (SSSR count). The molecule has 1 amide bonds. The zero-order chi connectivity index (χ0) is 24.1. The fraction of sp³-hybridized carbons (Fsp3) is 0.261. The van der Waals surface area contributed by atoms with E-state index in [0.29, 0.717) is 50.0 Å². The molecular weight excluding hydrogens is 460 g/mol. The summed E-state index contributed by atoms with van der Waals surface area (Å²) in [7, 11) is 4.62. The highest BCUT2D eigenvalue weighted by Crippen LogP contribution is 2.43. The fourth-order valence-electron chi connectivity index (χ4n) is 4.41. The standard InChI is InChI=1S/C23H22N4O6S/c1-9-5-10(8-31-2)15-17-19(34-22(15)24-9)21(28)27-20(26-17)16-11-6-13(32-3)14(33-4)7-12(11)25-18(16)23(29)30/h5-7,20,25-26H,8H2,1-4H3,(H,27,28)(H,29,30). The van der Waals surface area contributed by atoms with E-state index in [4.69, 9.17) is 14.2 Å². The number of benzene rings is 1. The number of aromatic carboxylic acids is 1. The Morgan fingerprint density at radius 1 is 1.15 bits per heavy atom. The minimum atomic E-state index is -1.15. The largest absolute Gasteiger partial charge is 0.493 e. The molecular formula is C23H22N4O6S. The van der Waals surface area contributed by atoms with Crippen molar-refractivity contribution in [3.8, 4) is 11.5 Å². The molecule has 1 aliphatic heterocycles. The zero-order valence-corrected chi connectivity index (χ0v) is 19.7. The third-order valence-corrected chi connectivity index (χ3v) is 6.87. The minimum absolute atomic E-state index is 0.0443. The average molecular weight is 483 g/mol. The van der Waals surface area contributed by atoms with Crippen molar-refractivity contribution in [2.75, 3.05) is 26.6 Å². The van der Waals surface area contributed by atoms with Crippen molar-refractivity contribution in [3.05, 3.63) is 45.6 Å². The number of carbonyl (C=O) groups is 2. The van der Waals surface area contributed by atoms with Crippen LogP contribution in [0.3, 0.4) is 0 Å². The number of carboxylic acid groups (broad SMARTS) is 1. The van der Waals surface area contributed by atoms with Crippen LogP contribution in [0.2, 0.25) is 0 Å². The first-order valence-corrected chi connectivity index (χ1v) is 11.2. The second-order valence-electron chi connectivity index (χ2n) is 7.86. The number of fused-ring (bicyclic) bond motifs is 4. The van der Waals surface area contributed by atoms with Gasteiger partial charge in [0.1, 0.15) is 21.6 Å². The van der Waals surface area contributed by atoms with Crippen LogP contribution in [0.4, 0.5) is 5.69 Å². The number of H-pyrrole nitrogens is 1. The summed E-state index contributed by atoms with van der Waals surface area (Å²) in [5.74, 6) is -0.567. The molecule has 0 aliphatic carbocycles. The molecule has 11 heteroatoms. The molecule has 3 aromatic heterocycles. The summed E-state index contributed by atoms with van der Waals surface area (Å²) in [6, 6.07) is 5.29. The number of methoxy groups -OCH3 is 3. The molecule has 1 atom stereocenters. The smallest absolute Gasteiger partial charge is 0.352 e. The summed E-state index contributed by atoms with van der Waals surface area (Å²) >= 11 is 1.28. The maximum absolute atomic E-state index is 13.2. The first-order valence-electron chi connectivity index (χ1n) is 10.4. The molecule has 10 nitrogen and oxygen atoms in total. The van der Waals surface area contributed by atoms with Crippen molar-refractivity contribution in [1.29, 1.82) is 0 Å². The molecule has 1 unspecified atom stereocenters. The summed E-state index contributed by atoms with van der Waals surface area (Å²) in [5, 5.41) is 17.6. The SMILES string of the molecule is COCc1cc(C)nc2sc3c(c12)NC(c1c(C(=O)O)[nH]c2cc(OC)c(OC)cc12)NC3=O. The molecule has 176 valence electrons. The molecule has 0 fully saturated rings. The molecule has 0 saturated carbocycles. The Morgan fingerprint density at radius 2 is 1.88 bits per heavy atom. The van der Waals surface area contributed by atoms with Gasteiger partial charge in [0.05, 0.1) is 32.0 Å². The minimum Gasteiger partial charge on any atom is -0.493 e. The molecule has 4 heterocycles. The number of rotatable bonds is 6. The highest BCUT2D eigenvalue weighted by molar-refractivity contribution is 7.21. The van der Waals surface area contributed by atoms with Crippen molar-refractivity contribution < 1.29 is 28.9 Å². The molecule has 1 aliphatic rings. The topological polar surface area (TPSA) is 135 Å². The van der Waals surface area contributed by atoms with Crippen LogP contribution in [-0.4, -0.2) is 48.3 Å². The molecule has 0 radical (unpaired) electrons. The maximum Gasteiger partial charge on any atom is 0.352 e. The lowest BCUT2D eigenvalue weighted by molar-refractivity contribution is 0.0688. The van der Waals surface area contributed by atoms with Crippen molar-refractivity contribution in [1.82, 2.24) is 15.3 Å². The van der Waals surface area contributed by atoms with E-state index >= 15 is 0 Å². The summed E-state index contributed by atoms with van der Waals surface area (Å²) in [6.45, 7) is 2.24. The van der Waals surface area contributed by atoms with Gasteiger partial charge in [-0.25, -0.2) is 9.78 Å². The normalized spacial score (nSPS) is 15.2. The maximum atomic E-state index is 13.2. The number of aromatic amines is 1. The Kier molecular flexibility index (Phi) is 5.29. The lowest BCUT2D eigenvalue weighted by atomic mass is 10.0. The fourth-order valence-corrected chi connectivity index (χ4v) is 5.54. The summed E-state index contributed by atoms with van der Waals surface area (Å²) < 4.78 is 16.1. The Morgan fingerprint density at radius 3 is 2.56 bits per heavy atom. The van der Waals surface area contributed by atoms with Gasteiger partial charge < -0.3 is 34.9 Å². The van der Waals surface area contributed by atoms with Gasteiger partial charge in [0, 0.05) is 35.2 Å². The predicted octanol–water partition coefficient (Wildman–Crippen LogP) is 3.80. The number of pyridine rings is 1. The number of nitrogens with zero attached hydrogens (tertiary/aromatic N) is 1. The van der Waals surface area contributed by atoms with Gasteiger partial charge in [-0.1, -0.05) is 0 Å². The van der Waals surface area contributed by atoms with Gasteiger partial charge in [0.2, 0.25) is 0 Å². The quantitative estimate of drug-likeness (QED) is 0.326. The van der Waals surface area contributed by atoms with Gasteiger partial charge in [-0.3, -0.25) is 4.79 Å². The Labute approximate surface area is 197 Å². The Bertz CT molecular complexity index is 1470. The van der Waals surface area contributed by atoms with Crippen molar-refractivity contribution in [3.63, 3.8) is 0 Å². The molecule has 0 spiro atoms. The number of aryl methyl sites for hydroxylation is 1. The molecule has 4 aromatic rings. The highest BCUT2D eigenvalue weighted by Gasteiger charge is 2.34. The third kappa shape index (κ3) is 3.32. The molecule has 0 saturated heterocycles. The second kappa shape index (κ2) is 8.19. The first-order chi connectivity index (χ1) is 16.4. The number of carboxylic acids is 1. The van der Waals surface area contributed by atoms with Crippen LogP contribution in [0.5, 0.6) is 11.5 Å². The predicted molar refractivity (Wildman–Crippen MR) is 127 cm³/mol. The first kappa shape index (κ1) is 22.0. The Hall–Kier alpha value is -3.83. The van der Waals surface area contributed by atoms with E-state index in [-0.39, 0.29) is 11.6 Å². The van der Waals surface area contributed by atoms with Gasteiger partial charge in [-0.05, 0) is 24.6 Å². The van der Waals surface area contributed by atoms with Crippen molar-refractivity contribution >= 4 is 50.0 Å². The number of carbonyl (C=O) groups excluding carboxylic acids is 1. The number of aromatic nitrogens is 2. The highest BCUT2D eigenvalue weighted by atomic mass is 32.1. The van der Waals surface area contributed by atoms with Crippen LogP contribution in [0.15, 0.2) is 18.2 Å². The van der Waals surface area contributed by atoms with Crippen molar-refractivity contribution in [2.45, 2.75) is 19.7 Å². The van der Waals surface area contributed by atoms with Crippen LogP contribution in [0.1, 0.15) is 43.1 Å². The van der Waals surface area contributed by atoms with Crippen LogP contribution in [-0.2, 0) is 11.3 Å². The lowest BCUT2D eigenvalue weighted by Gasteiger charge is -2.27. The number of anilines is 1. The number of hydrogen-bond acceptors (Lipinski definition) is 8. The van der Waals surface area contributed by atoms with Gasteiger partial charge >= 0.3 is 5.97 Å². The summed E-state index contributed by atoms with van der Waals surface area (Å²) in [5.41, 5.74) is 3.21. The van der Waals surface area contributed by atoms with Gasteiger partial charge in [-0.2, -0.15) is 0 Å². The Balaban J connectivity index is 1.71. The van der Waals surface area contributed by atoms with E-state index < -0.39 is 12.1 Å². The van der Waals surface area contributed by atoms with Gasteiger partial charge in [0.25, 0.3) is 5.91 Å². The number of thiophene rings is 1. The molecule has 34 heavy (non-hydrogen) atoms. The zero-order valence-electron chi connectivity index (χ0n) is 18.9. The summed E-state index contributed by atoms with van der Waals surface area (Å²) in [4.78, 5) is 34.0. The number of ether oxygens (including phenoxy) is 3. The van der Waals surface area contributed by atoms with Gasteiger partial charge in [0.15, 0.2) is 11.5 Å². The van der Waals surface area contributed by atoms with Crippen LogP contribution in [0, 0.1) is 6.92 Å². The van der Waals surface area contributed by atoms with E-state index in [1.165, 1.54) is 25.6 Å². The third-order valence-electron chi connectivity index (χ3n) is 5.79.